The number of nitrogens with zero attached hydrogens (tertiary/aromatic N) is 5. The fourth-order valence-electron chi connectivity index (χ4n) is 2.74. The van der Waals surface area contributed by atoms with Gasteiger partial charge >= 0.3 is 5.97 Å². The molecular weight excluding hydrogens is 384 g/mol. The normalized spacial score (nSPS) is 16.4. The number of rotatable bonds is 5. The molecule has 1 saturated heterocycles. The van der Waals surface area contributed by atoms with E-state index in [2.05, 4.69) is 15.0 Å². The topological polar surface area (TPSA) is 97.6 Å². The number of carbonyl (C=O) groups is 1. The molecule has 12 heteroatoms. The Morgan fingerprint density at radius 1 is 1.19 bits per heavy atom. The molecule has 1 aromatic carbocycles. The van der Waals surface area contributed by atoms with E-state index >= 15 is 0 Å². The minimum absolute atomic E-state index is 0.0636. The van der Waals surface area contributed by atoms with Crippen LogP contribution in [0, 0.1) is 11.6 Å². The number of hydrogen-bond donors (Lipinski definition) is 0. The number of aromatic nitrogens is 3. The van der Waals surface area contributed by atoms with E-state index in [1.165, 1.54) is 18.0 Å². The van der Waals surface area contributed by atoms with Gasteiger partial charge in [0.2, 0.25) is 10.0 Å². The average molecular weight is 401 g/mol. The van der Waals surface area contributed by atoms with Crippen LogP contribution in [-0.2, 0) is 21.4 Å². The number of benzene rings is 1. The maximum absolute atomic E-state index is 13.8. The molecule has 0 atom stereocenters. The maximum atomic E-state index is 13.8. The van der Waals surface area contributed by atoms with Crippen LogP contribution in [0.3, 0.4) is 0 Å². The molecule has 0 amide bonds. The Morgan fingerprint density at radius 2 is 1.81 bits per heavy atom. The van der Waals surface area contributed by atoms with Crippen LogP contribution < -0.4 is 0 Å². The highest BCUT2D eigenvalue weighted by molar-refractivity contribution is 7.89. The number of sulfonamides is 1. The van der Waals surface area contributed by atoms with Crippen molar-refractivity contribution in [1.82, 2.24) is 24.2 Å². The lowest BCUT2D eigenvalue weighted by Crippen LogP contribution is -2.49. The summed E-state index contributed by atoms with van der Waals surface area (Å²) < 4.78 is 59.8. The molecule has 0 unspecified atom stereocenters. The average Bonchev–Trinajstić information content (AvgIpc) is 3.09. The molecule has 0 N–H and O–H groups in total. The molecule has 0 aliphatic carbocycles. The van der Waals surface area contributed by atoms with Crippen LogP contribution in [-0.4, -0.2) is 71.9 Å². The van der Waals surface area contributed by atoms with E-state index in [1.54, 1.807) is 0 Å². The van der Waals surface area contributed by atoms with Gasteiger partial charge in [0.1, 0.15) is 11.6 Å². The van der Waals surface area contributed by atoms with Crippen LogP contribution in [0.25, 0.3) is 0 Å². The summed E-state index contributed by atoms with van der Waals surface area (Å²) in [6.45, 7) is 1.06. The summed E-state index contributed by atoms with van der Waals surface area (Å²) in [5.41, 5.74) is 0.0636. The lowest BCUT2D eigenvalue weighted by molar-refractivity contribution is 0.0593. The van der Waals surface area contributed by atoms with E-state index < -0.39 is 32.5 Å². The fourth-order valence-corrected chi connectivity index (χ4v) is 4.27. The Labute approximate surface area is 154 Å². The second kappa shape index (κ2) is 7.66. The van der Waals surface area contributed by atoms with Crippen LogP contribution in [0.15, 0.2) is 29.3 Å². The number of hydrogen-bond acceptors (Lipinski definition) is 7. The van der Waals surface area contributed by atoms with Gasteiger partial charge in [0.05, 0.1) is 20.0 Å². The summed E-state index contributed by atoms with van der Waals surface area (Å²) in [5, 5.41) is 7.50. The van der Waals surface area contributed by atoms with Crippen molar-refractivity contribution in [1.29, 1.82) is 0 Å². The van der Waals surface area contributed by atoms with Crippen molar-refractivity contribution in [2.75, 3.05) is 33.3 Å². The Morgan fingerprint density at radius 3 is 2.41 bits per heavy atom. The van der Waals surface area contributed by atoms with Gasteiger partial charge in [0.25, 0.3) is 0 Å². The molecule has 2 heterocycles. The second-order valence-corrected chi connectivity index (χ2v) is 7.72. The Balaban J connectivity index is 1.65. The van der Waals surface area contributed by atoms with Crippen LogP contribution in [0.5, 0.6) is 0 Å². The maximum Gasteiger partial charge on any atom is 0.360 e. The van der Waals surface area contributed by atoms with E-state index in [0.29, 0.717) is 13.1 Å². The van der Waals surface area contributed by atoms with Crippen LogP contribution in [0.2, 0.25) is 0 Å². The van der Waals surface area contributed by atoms with Crippen LogP contribution in [0.1, 0.15) is 10.5 Å². The third kappa shape index (κ3) is 3.96. The predicted octanol–water partition coefficient (Wildman–Crippen LogP) is 0.307. The van der Waals surface area contributed by atoms with Gasteiger partial charge in [-0.1, -0.05) is 11.3 Å². The number of ether oxygens (including phenoxy) is 1. The van der Waals surface area contributed by atoms with Crippen molar-refractivity contribution in [3.8, 4) is 0 Å². The molecule has 2 aromatic rings. The number of esters is 1. The molecule has 3 rings (SSSR count). The van der Waals surface area contributed by atoms with Gasteiger partial charge in [0, 0.05) is 26.2 Å². The zero-order valence-corrected chi connectivity index (χ0v) is 15.2. The summed E-state index contributed by atoms with van der Waals surface area (Å²) in [4.78, 5) is 12.3. The number of piperazine rings is 1. The van der Waals surface area contributed by atoms with Gasteiger partial charge in [-0.05, 0) is 12.1 Å². The quantitative estimate of drug-likeness (QED) is 0.665. The first-order valence-corrected chi connectivity index (χ1v) is 9.42. The lowest BCUT2D eigenvalue weighted by Gasteiger charge is -2.33. The van der Waals surface area contributed by atoms with Crippen molar-refractivity contribution < 1.29 is 26.7 Å². The van der Waals surface area contributed by atoms with Gasteiger partial charge in [-0.25, -0.2) is 26.7 Å². The molecule has 1 aliphatic rings. The van der Waals surface area contributed by atoms with Crippen LogP contribution in [0.4, 0.5) is 8.78 Å². The summed E-state index contributed by atoms with van der Waals surface area (Å²) in [6, 6.07) is 2.94. The summed E-state index contributed by atoms with van der Waals surface area (Å²) in [7, 11) is -3.03. The third-order valence-electron chi connectivity index (χ3n) is 4.13. The molecule has 0 radical (unpaired) electrons. The summed E-state index contributed by atoms with van der Waals surface area (Å²) in [6.07, 6.45) is 1.42. The van der Waals surface area contributed by atoms with E-state index in [-0.39, 0.29) is 25.5 Å². The van der Waals surface area contributed by atoms with Crippen molar-refractivity contribution in [3.05, 3.63) is 41.7 Å². The molecule has 0 spiro atoms. The predicted molar refractivity (Wildman–Crippen MR) is 88.1 cm³/mol. The highest BCUT2D eigenvalue weighted by Crippen LogP contribution is 2.23. The largest absolute Gasteiger partial charge is 0.464 e. The van der Waals surface area contributed by atoms with E-state index in [0.717, 1.165) is 22.5 Å². The molecule has 1 aromatic heterocycles. The van der Waals surface area contributed by atoms with Gasteiger partial charge in [-0.2, -0.15) is 4.31 Å². The first-order chi connectivity index (χ1) is 12.8. The van der Waals surface area contributed by atoms with Gasteiger partial charge in [0.15, 0.2) is 10.6 Å². The highest BCUT2D eigenvalue weighted by atomic mass is 32.2. The third-order valence-corrected chi connectivity index (χ3v) is 6.08. The zero-order chi connectivity index (χ0) is 19.6. The smallest absolute Gasteiger partial charge is 0.360 e. The fraction of sp³-hybridized carbons (Fsp3) is 0.400. The minimum Gasteiger partial charge on any atom is -0.464 e. The molecule has 27 heavy (non-hydrogen) atoms. The lowest BCUT2D eigenvalue weighted by atomic mass is 10.3. The van der Waals surface area contributed by atoms with Gasteiger partial charge in [-0.3, -0.25) is 4.90 Å². The molecule has 146 valence electrons. The monoisotopic (exact) mass is 401 g/mol. The zero-order valence-electron chi connectivity index (χ0n) is 14.4. The van der Waals surface area contributed by atoms with Crippen molar-refractivity contribution in [2.45, 2.75) is 11.6 Å². The Kier molecular flexibility index (Phi) is 5.48. The molecule has 0 bridgehead atoms. The summed E-state index contributed by atoms with van der Waals surface area (Å²) in [5.74, 6) is -2.84. The van der Waals surface area contributed by atoms with Gasteiger partial charge < -0.3 is 4.74 Å². The minimum atomic E-state index is -4.27. The van der Waals surface area contributed by atoms with E-state index in [9.17, 15) is 22.0 Å². The summed E-state index contributed by atoms with van der Waals surface area (Å²) >= 11 is 0. The molecule has 1 fully saturated rings. The van der Waals surface area contributed by atoms with Gasteiger partial charge in [-0.15, -0.1) is 5.10 Å². The SMILES string of the molecule is COC(=O)c1cn(CN2CCN(S(=O)(=O)c3c(F)cccc3F)CC2)nn1. The molecular formula is C15H17F2N5O4S. The van der Waals surface area contributed by atoms with E-state index in [1.807, 2.05) is 4.90 Å². The molecule has 0 saturated carbocycles. The first kappa shape index (κ1) is 19.3. The van der Waals surface area contributed by atoms with E-state index in [4.69, 9.17) is 0 Å². The number of halogens is 2. The van der Waals surface area contributed by atoms with Crippen molar-refractivity contribution >= 4 is 16.0 Å². The molecule has 1 aliphatic heterocycles. The van der Waals surface area contributed by atoms with Crippen LogP contribution >= 0.6 is 0 Å². The highest BCUT2D eigenvalue weighted by Gasteiger charge is 2.33. The number of carbonyl (C=O) groups excluding carboxylic acids is 1. The second-order valence-electron chi connectivity index (χ2n) is 5.85. The Bertz CT molecular complexity index is 921. The first-order valence-electron chi connectivity index (χ1n) is 7.98. The molecule has 9 nitrogen and oxygen atoms in total. The Hall–Kier alpha value is -2.44. The van der Waals surface area contributed by atoms with Crippen molar-refractivity contribution in [3.63, 3.8) is 0 Å². The number of methoxy groups -OCH3 is 1. The standard InChI is InChI=1S/C15H17F2N5O4S/c1-26-15(23)13-9-21(19-18-13)10-20-5-7-22(8-6-20)27(24,25)14-11(16)3-2-4-12(14)17/h2-4,9H,5-8,10H2,1H3. The van der Waals surface area contributed by atoms with Crippen molar-refractivity contribution in [2.24, 2.45) is 0 Å².